The number of aromatic nitrogens is 3. The second-order valence-electron chi connectivity index (χ2n) is 27.2. The van der Waals surface area contributed by atoms with Crippen molar-refractivity contribution in [3.05, 3.63) is 108 Å². The van der Waals surface area contributed by atoms with Gasteiger partial charge in [0.1, 0.15) is 54.4 Å². The molecule has 0 saturated heterocycles. The Morgan fingerprint density at radius 3 is 0.942 bits per heavy atom. The van der Waals surface area contributed by atoms with Crippen LogP contribution in [0.25, 0.3) is 32.7 Å². The molecule has 33 nitrogen and oxygen atoms in total. The molecule has 0 spiro atoms. The molecule has 104 heavy (non-hydrogen) atoms. The van der Waals surface area contributed by atoms with Gasteiger partial charge >= 0.3 is 5.97 Å². The molecule has 3 aromatic heterocycles. The van der Waals surface area contributed by atoms with E-state index in [1.165, 1.54) is 0 Å². The summed E-state index contributed by atoms with van der Waals surface area (Å²) in [7, 11) is 0. The summed E-state index contributed by atoms with van der Waals surface area (Å²) in [6, 6.07) is 8.54. The van der Waals surface area contributed by atoms with E-state index in [-0.39, 0.29) is 88.9 Å². The third kappa shape index (κ3) is 24.2. The second kappa shape index (κ2) is 39.2. The Hall–Kier alpha value is -11.3. The zero-order chi connectivity index (χ0) is 76.5. The number of rotatable bonds is 41. The normalized spacial score (nSPS) is 14.3. The third-order valence-corrected chi connectivity index (χ3v) is 17.6. The molecule has 3 aromatic carbocycles. The number of hydrogen-bond acceptors (Lipinski definition) is 14. The van der Waals surface area contributed by atoms with Crippen LogP contribution in [0, 0.1) is 23.7 Å². The molecule has 33 heteroatoms. The molecule has 0 aliphatic carbocycles. The summed E-state index contributed by atoms with van der Waals surface area (Å²) in [5, 5.41) is 37.4. The van der Waals surface area contributed by atoms with Crippen molar-refractivity contribution in [2.45, 2.75) is 174 Å². The summed E-state index contributed by atoms with van der Waals surface area (Å²) in [5.41, 5.74) is 43.6. The largest absolute Gasteiger partial charge is 0.480 e. The number of nitrogens with one attached hydrogen (secondary N) is 12. The zero-order valence-electron chi connectivity index (χ0n) is 60.1. The van der Waals surface area contributed by atoms with Crippen LogP contribution in [-0.2, 0) is 67.2 Å². The molecule has 6 rings (SSSR count). The van der Waals surface area contributed by atoms with Crippen molar-refractivity contribution in [2.24, 2.45) is 78.8 Å². The fraction of sp³-hybridized carbons (Fsp3) is 0.479. The molecule has 27 N–H and O–H groups in total. The molecule has 0 aliphatic heterocycles. The van der Waals surface area contributed by atoms with Gasteiger partial charge in [-0.3, -0.25) is 58.1 Å². The van der Waals surface area contributed by atoms with Crippen LogP contribution in [0.15, 0.2) is 106 Å². The Balaban J connectivity index is 1.24. The van der Waals surface area contributed by atoms with Gasteiger partial charge in [-0.2, -0.15) is 0 Å². The number of guanidine groups is 3. The lowest BCUT2D eigenvalue weighted by molar-refractivity contribution is -0.142. The number of hydrogen-bond donors (Lipinski definition) is 20. The summed E-state index contributed by atoms with van der Waals surface area (Å²) in [6.45, 7) is 13.7. The first-order chi connectivity index (χ1) is 49.3. The van der Waals surface area contributed by atoms with Crippen LogP contribution in [0.4, 0.5) is 0 Å². The number of nitrogens with zero attached hydrogens (tertiary/aromatic N) is 3. The van der Waals surface area contributed by atoms with Gasteiger partial charge in [-0.1, -0.05) is 110 Å². The lowest BCUT2D eigenvalue weighted by Crippen LogP contribution is -2.62. The molecule has 6 aromatic rings. The zero-order valence-corrected chi connectivity index (χ0v) is 60.1. The van der Waals surface area contributed by atoms with Crippen LogP contribution in [0.2, 0.25) is 0 Å². The second-order valence-corrected chi connectivity index (χ2v) is 27.2. The quantitative estimate of drug-likeness (QED) is 0.0133. The lowest BCUT2D eigenvalue weighted by atomic mass is 9.97. The maximum atomic E-state index is 15.1. The molecule has 10 atom stereocenters. The number of aromatic amines is 3. The maximum Gasteiger partial charge on any atom is 0.326 e. The van der Waals surface area contributed by atoms with E-state index in [4.69, 9.17) is 40.1 Å². The summed E-state index contributed by atoms with van der Waals surface area (Å²) < 4.78 is 0. The van der Waals surface area contributed by atoms with Gasteiger partial charge in [-0.05, 0) is 97.1 Å². The number of aliphatic imine (C=N–C) groups is 3. The van der Waals surface area contributed by atoms with Crippen molar-refractivity contribution in [1.29, 1.82) is 0 Å². The minimum Gasteiger partial charge on any atom is -0.480 e. The number of H-pyrrole nitrogens is 3. The first-order valence-electron chi connectivity index (χ1n) is 34.9. The van der Waals surface area contributed by atoms with Gasteiger partial charge in [0.05, 0.1) is 6.04 Å². The molecule has 0 bridgehead atoms. The first kappa shape index (κ1) is 81.7. The monoisotopic (exact) mass is 1440 g/mol. The molecule has 0 fully saturated rings. The van der Waals surface area contributed by atoms with Crippen molar-refractivity contribution in [3.8, 4) is 0 Å². The van der Waals surface area contributed by atoms with Gasteiger partial charge in [0, 0.05) is 90.2 Å². The van der Waals surface area contributed by atoms with E-state index in [1.54, 1.807) is 86.1 Å². The van der Waals surface area contributed by atoms with E-state index < -0.39 is 143 Å². The molecular weight excluding hydrogens is 1340 g/mol. The van der Waals surface area contributed by atoms with Crippen molar-refractivity contribution in [1.82, 2.24) is 62.8 Å². The SMILES string of the molecule is CC(C)[C@H](NC(=O)[C@H](Cc1c[nH]c2ccccc12)NC(=O)[C@@H](NC(=O)[C@@H](NC(=O)[C@H](Cc1c[nH]c2ccccc12)NC(=O)[C@H](CCCN=C(N)N)NC(=O)[C@H](CCCN=C(N)N)NC(=O)[C@@H](N)CCCN=C(N)N)C(C)C)C(C)C)C(=O)N[C@H](C(=O)N[C@@H](Cc1c[nH]c2ccccc12)C(=O)O)C(C)C. The number of nitrogens with two attached hydrogens (primary N) is 7. The van der Waals surface area contributed by atoms with Crippen molar-refractivity contribution >= 4 is 110 Å². The Labute approximate surface area is 603 Å². The topological polar surface area (TPSA) is 566 Å². The highest BCUT2D eigenvalue weighted by atomic mass is 16.4. The van der Waals surface area contributed by atoms with Crippen molar-refractivity contribution < 1.29 is 53.1 Å². The van der Waals surface area contributed by atoms with E-state index >= 15 is 4.79 Å². The number of benzene rings is 3. The van der Waals surface area contributed by atoms with Crippen LogP contribution >= 0.6 is 0 Å². The van der Waals surface area contributed by atoms with Gasteiger partial charge in [0.2, 0.25) is 53.2 Å². The molecule has 0 radical (unpaired) electrons. The van der Waals surface area contributed by atoms with Gasteiger partial charge in [0.25, 0.3) is 0 Å². The van der Waals surface area contributed by atoms with Gasteiger partial charge in [-0.25, -0.2) is 4.79 Å². The smallest absolute Gasteiger partial charge is 0.326 e. The number of carboxylic acids is 1. The fourth-order valence-corrected chi connectivity index (χ4v) is 11.9. The van der Waals surface area contributed by atoms with Crippen LogP contribution in [-0.4, -0.2) is 177 Å². The highest BCUT2D eigenvalue weighted by Gasteiger charge is 2.39. The first-order valence-corrected chi connectivity index (χ1v) is 34.9. The van der Waals surface area contributed by atoms with Crippen molar-refractivity contribution in [3.63, 3.8) is 0 Å². The number of carboxylic acid groups (broad SMARTS) is 1. The average molecular weight is 1440 g/mol. The minimum atomic E-state index is -1.45. The number of aliphatic carboxylic acids is 1. The predicted octanol–water partition coefficient (Wildman–Crippen LogP) is -0.282. The summed E-state index contributed by atoms with van der Waals surface area (Å²) in [6.07, 6.45) is 5.41. The fourth-order valence-electron chi connectivity index (χ4n) is 11.9. The van der Waals surface area contributed by atoms with Crippen molar-refractivity contribution in [2.75, 3.05) is 19.6 Å². The number of carbonyl (C=O) groups excluding carboxylic acids is 9. The van der Waals surface area contributed by atoms with E-state index in [0.29, 0.717) is 34.0 Å². The summed E-state index contributed by atoms with van der Waals surface area (Å²) in [4.78, 5) is 165. The maximum absolute atomic E-state index is 15.1. The van der Waals surface area contributed by atoms with Gasteiger partial charge < -0.3 is 108 Å². The molecule has 9 amide bonds. The van der Waals surface area contributed by atoms with E-state index in [9.17, 15) is 48.3 Å². The van der Waals surface area contributed by atoms with Gasteiger partial charge in [-0.15, -0.1) is 0 Å². The van der Waals surface area contributed by atoms with E-state index in [0.717, 1.165) is 21.8 Å². The molecule has 3 heterocycles. The van der Waals surface area contributed by atoms with Crippen LogP contribution < -0.4 is 88.0 Å². The highest BCUT2D eigenvalue weighted by Crippen LogP contribution is 2.24. The highest BCUT2D eigenvalue weighted by molar-refractivity contribution is 6.00. The molecule has 0 aliphatic rings. The minimum absolute atomic E-state index is 0.0142. The van der Waals surface area contributed by atoms with Crippen LogP contribution in [0.3, 0.4) is 0 Å². The summed E-state index contributed by atoms with van der Waals surface area (Å²) in [5.74, 6) is -11.5. The Kier molecular flexibility index (Phi) is 30.8. The third-order valence-electron chi connectivity index (χ3n) is 17.6. The van der Waals surface area contributed by atoms with Gasteiger partial charge in [0.15, 0.2) is 17.9 Å². The van der Waals surface area contributed by atoms with Crippen LogP contribution in [0.5, 0.6) is 0 Å². The Morgan fingerprint density at radius 2 is 0.615 bits per heavy atom. The summed E-state index contributed by atoms with van der Waals surface area (Å²) >= 11 is 0. The average Bonchev–Trinajstić information content (AvgIpc) is 1.68. The standard InChI is InChI=1S/C71H104N22O11/c1-36(2)55(64(99)88-53(31-41-34-83-48-23-13-10-19-44(41)48)63(98)91-58(39(7)8)67(102)93-56(37(3)4)65(100)89-54(68(103)104)32-42-35-84-49-24-14-11-20-45(42)49)92-66(101)57(38(5)6)90-62(97)52(30-40-33-82-47-22-12-9-18-43(40)47)87-61(96)51(26-17-29-81-71(77)78)86-60(95)50(25-16-28-80-70(75)76)85-59(94)46(72)21-15-27-79-69(73)74/h9-14,18-20,22-24,33-39,46,50-58,82-84H,15-17,21,25-32,72H2,1-8H3,(H,85,94)(H,86,95)(H,87,96)(H,88,99)(H,89,100)(H,90,97)(H,91,98)(H,92,101)(H,93,102)(H,103,104)(H4,73,74,79)(H4,75,76,80)(H4,77,78,81)/t46-,50-,51-,52-,53-,54-,55-,56-,57-,58-/m0/s1. The Bertz CT molecular complexity index is 4030. The van der Waals surface area contributed by atoms with E-state index in [2.05, 4.69) is 77.8 Å². The lowest BCUT2D eigenvalue weighted by Gasteiger charge is -2.31. The molecule has 0 saturated carbocycles. The molecular formula is C71H104N22O11. The molecule has 0 unspecified atom stereocenters. The number of carbonyl (C=O) groups is 10. The van der Waals surface area contributed by atoms with E-state index in [1.807, 2.05) is 60.7 Å². The number of fused-ring (bicyclic) bond motifs is 3. The van der Waals surface area contributed by atoms with Crippen LogP contribution in [0.1, 0.15) is 111 Å². The molecule has 564 valence electrons. The number of amides is 9. The predicted molar refractivity (Wildman–Crippen MR) is 398 cm³/mol. The number of para-hydroxylation sites is 3. The Morgan fingerprint density at radius 1 is 0.356 bits per heavy atom.